The van der Waals surface area contributed by atoms with Crippen LogP contribution in [0.25, 0.3) is 5.69 Å². The summed E-state index contributed by atoms with van der Waals surface area (Å²) in [5.74, 6) is 0.433. The summed E-state index contributed by atoms with van der Waals surface area (Å²) >= 11 is 12.5. The van der Waals surface area contributed by atoms with Crippen molar-refractivity contribution in [3.8, 4) is 11.4 Å². The molecule has 5 rings (SSSR count). The van der Waals surface area contributed by atoms with Crippen LogP contribution >= 0.6 is 23.2 Å². The second kappa shape index (κ2) is 10.9. The zero-order valence-corrected chi connectivity index (χ0v) is 20.8. The average molecular weight is 515 g/mol. The summed E-state index contributed by atoms with van der Waals surface area (Å²) in [5.41, 5.74) is 2.49. The standard InChI is InChI=1S/C26H28Cl2N4O3/c27-19-1-4-21(5-2-19)32-10-7-23(18-32)35-26(33)29-20-3-6-25(24(28)17-20)31-13-11-30(12-14-31)22-8-15-34-16-9-22/h1-7,10,17-18,22H,8-9,11-16H2,(H,29,33). The quantitative estimate of drug-likeness (QED) is 0.473. The van der Waals surface area contributed by atoms with Gasteiger partial charge in [-0.25, -0.2) is 4.79 Å². The number of halogens is 2. The summed E-state index contributed by atoms with van der Waals surface area (Å²) in [4.78, 5) is 17.3. The number of nitrogens with one attached hydrogen (secondary N) is 1. The van der Waals surface area contributed by atoms with Gasteiger partial charge in [-0.05, 0) is 61.4 Å². The summed E-state index contributed by atoms with van der Waals surface area (Å²) in [5, 5.41) is 4.03. The minimum absolute atomic E-state index is 0.433. The van der Waals surface area contributed by atoms with Crippen molar-refractivity contribution >= 4 is 40.7 Å². The highest BCUT2D eigenvalue weighted by atomic mass is 35.5. The van der Waals surface area contributed by atoms with Crippen LogP contribution in [0.3, 0.4) is 0 Å². The van der Waals surface area contributed by atoms with E-state index in [1.165, 1.54) is 0 Å². The Morgan fingerprint density at radius 3 is 2.43 bits per heavy atom. The Bertz CT molecular complexity index is 1150. The fourth-order valence-corrected chi connectivity index (χ4v) is 5.11. The molecule has 1 amide bonds. The van der Waals surface area contributed by atoms with Crippen molar-refractivity contribution in [1.82, 2.24) is 9.47 Å². The van der Waals surface area contributed by atoms with Crippen LogP contribution in [-0.2, 0) is 4.74 Å². The van der Waals surface area contributed by atoms with Crippen LogP contribution < -0.4 is 15.0 Å². The van der Waals surface area contributed by atoms with Gasteiger partial charge in [-0.1, -0.05) is 23.2 Å². The van der Waals surface area contributed by atoms with Crippen molar-refractivity contribution in [3.63, 3.8) is 0 Å². The first-order valence-electron chi connectivity index (χ1n) is 11.8. The van der Waals surface area contributed by atoms with Gasteiger partial charge in [-0.15, -0.1) is 0 Å². The molecule has 0 unspecified atom stereocenters. The lowest BCUT2D eigenvalue weighted by Gasteiger charge is -2.41. The van der Waals surface area contributed by atoms with Crippen LogP contribution in [0.2, 0.25) is 10.0 Å². The Morgan fingerprint density at radius 1 is 0.971 bits per heavy atom. The molecule has 0 spiro atoms. The highest BCUT2D eigenvalue weighted by molar-refractivity contribution is 6.33. The number of aromatic nitrogens is 1. The molecule has 1 N–H and O–H groups in total. The van der Waals surface area contributed by atoms with E-state index in [1.54, 1.807) is 18.3 Å². The van der Waals surface area contributed by atoms with Gasteiger partial charge in [0, 0.05) is 68.0 Å². The van der Waals surface area contributed by atoms with Crippen molar-refractivity contribution in [1.29, 1.82) is 0 Å². The maximum Gasteiger partial charge on any atom is 0.417 e. The minimum Gasteiger partial charge on any atom is -0.408 e. The number of ether oxygens (including phenoxy) is 2. The number of benzene rings is 2. The largest absolute Gasteiger partial charge is 0.417 e. The van der Waals surface area contributed by atoms with E-state index in [0.717, 1.165) is 63.6 Å². The molecule has 184 valence electrons. The number of hydrogen-bond acceptors (Lipinski definition) is 5. The molecule has 0 bridgehead atoms. The van der Waals surface area contributed by atoms with Crippen LogP contribution in [0.15, 0.2) is 60.9 Å². The van der Waals surface area contributed by atoms with Gasteiger partial charge in [-0.2, -0.15) is 0 Å². The Morgan fingerprint density at radius 2 is 1.71 bits per heavy atom. The van der Waals surface area contributed by atoms with Crippen LogP contribution in [-0.4, -0.2) is 61.0 Å². The second-order valence-electron chi connectivity index (χ2n) is 8.78. The molecule has 2 aliphatic heterocycles. The molecule has 3 aromatic rings. The first-order valence-corrected chi connectivity index (χ1v) is 12.6. The Hall–Kier alpha value is -2.71. The van der Waals surface area contributed by atoms with Crippen molar-refractivity contribution in [2.45, 2.75) is 18.9 Å². The molecular formula is C26H28Cl2N4O3. The molecule has 2 fully saturated rings. The van der Waals surface area contributed by atoms with Gasteiger partial charge in [0.2, 0.25) is 0 Å². The zero-order valence-electron chi connectivity index (χ0n) is 19.3. The Balaban J connectivity index is 1.15. The van der Waals surface area contributed by atoms with Crippen LogP contribution in [0.4, 0.5) is 16.2 Å². The molecule has 2 aliphatic rings. The number of hydrogen-bond donors (Lipinski definition) is 1. The lowest BCUT2D eigenvalue weighted by molar-refractivity contribution is 0.0321. The number of nitrogens with zero attached hydrogens (tertiary/aromatic N) is 3. The first kappa shape index (κ1) is 24.0. The molecule has 1 aromatic heterocycles. The first-order chi connectivity index (χ1) is 17.0. The topological polar surface area (TPSA) is 59.0 Å². The number of amides is 1. The predicted molar refractivity (Wildman–Crippen MR) is 140 cm³/mol. The van der Waals surface area contributed by atoms with Crippen molar-refractivity contribution in [3.05, 3.63) is 71.0 Å². The fourth-order valence-electron chi connectivity index (χ4n) is 4.68. The third kappa shape index (κ3) is 5.93. The fraction of sp³-hybridized carbons (Fsp3) is 0.346. The number of carbonyl (C=O) groups excluding carboxylic acids is 1. The summed E-state index contributed by atoms with van der Waals surface area (Å²) in [6.07, 6.45) is 5.21. The van der Waals surface area contributed by atoms with E-state index in [4.69, 9.17) is 32.7 Å². The van der Waals surface area contributed by atoms with Crippen molar-refractivity contribution < 1.29 is 14.3 Å². The molecule has 0 saturated carbocycles. The van der Waals surface area contributed by atoms with Gasteiger partial charge >= 0.3 is 6.09 Å². The van der Waals surface area contributed by atoms with E-state index in [0.29, 0.717) is 27.5 Å². The van der Waals surface area contributed by atoms with Crippen LogP contribution in [0, 0.1) is 0 Å². The van der Waals surface area contributed by atoms with Gasteiger partial charge in [0.05, 0.1) is 16.9 Å². The highest BCUT2D eigenvalue weighted by Crippen LogP contribution is 2.30. The molecule has 0 aliphatic carbocycles. The normalized spacial score (nSPS) is 17.4. The summed E-state index contributed by atoms with van der Waals surface area (Å²) in [6, 6.07) is 15.3. The average Bonchev–Trinajstić information content (AvgIpc) is 3.33. The molecule has 2 saturated heterocycles. The second-order valence-corrected chi connectivity index (χ2v) is 9.62. The van der Waals surface area contributed by atoms with Gasteiger partial charge < -0.3 is 18.9 Å². The van der Waals surface area contributed by atoms with E-state index < -0.39 is 6.09 Å². The number of piperazine rings is 1. The predicted octanol–water partition coefficient (Wildman–Crippen LogP) is 5.70. The third-order valence-electron chi connectivity index (χ3n) is 6.56. The Labute approximate surface area is 215 Å². The lowest BCUT2D eigenvalue weighted by atomic mass is 10.1. The maximum absolute atomic E-state index is 12.4. The van der Waals surface area contributed by atoms with Crippen LogP contribution in [0.5, 0.6) is 5.75 Å². The molecule has 3 heterocycles. The highest BCUT2D eigenvalue weighted by Gasteiger charge is 2.26. The molecular weight excluding hydrogens is 487 g/mol. The SMILES string of the molecule is O=C(Nc1ccc(N2CCN(C3CCOCC3)CC2)c(Cl)c1)Oc1ccn(-c2ccc(Cl)cc2)c1. The van der Waals surface area contributed by atoms with E-state index >= 15 is 0 Å². The van der Waals surface area contributed by atoms with Gasteiger partial charge in [0.15, 0.2) is 5.75 Å². The van der Waals surface area contributed by atoms with Gasteiger partial charge in [0.25, 0.3) is 0 Å². The van der Waals surface area contributed by atoms with Crippen LogP contribution in [0.1, 0.15) is 12.8 Å². The molecule has 0 radical (unpaired) electrons. The smallest absolute Gasteiger partial charge is 0.408 e. The van der Waals surface area contributed by atoms with Crippen molar-refractivity contribution in [2.75, 3.05) is 49.6 Å². The number of rotatable bonds is 5. The van der Waals surface area contributed by atoms with E-state index in [2.05, 4.69) is 15.1 Å². The van der Waals surface area contributed by atoms with Gasteiger partial charge in [-0.3, -0.25) is 10.2 Å². The number of anilines is 2. The summed E-state index contributed by atoms with van der Waals surface area (Å²) in [7, 11) is 0. The minimum atomic E-state index is -0.576. The molecule has 35 heavy (non-hydrogen) atoms. The van der Waals surface area contributed by atoms with Crippen molar-refractivity contribution in [2.24, 2.45) is 0 Å². The molecule has 7 nitrogen and oxygen atoms in total. The third-order valence-corrected chi connectivity index (χ3v) is 7.11. The maximum atomic E-state index is 12.4. The van der Waals surface area contributed by atoms with E-state index in [1.807, 2.05) is 47.2 Å². The van der Waals surface area contributed by atoms with E-state index in [9.17, 15) is 4.79 Å². The molecule has 9 heteroatoms. The summed E-state index contributed by atoms with van der Waals surface area (Å²) in [6.45, 7) is 5.61. The Kier molecular flexibility index (Phi) is 7.48. The zero-order chi connectivity index (χ0) is 24.2. The van der Waals surface area contributed by atoms with Gasteiger partial charge in [0.1, 0.15) is 0 Å². The lowest BCUT2D eigenvalue weighted by Crippen LogP contribution is -2.51. The summed E-state index contributed by atoms with van der Waals surface area (Å²) < 4.78 is 12.8. The molecule has 0 atom stereocenters. The monoisotopic (exact) mass is 514 g/mol. The number of carbonyl (C=O) groups is 1. The molecule has 2 aromatic carbocycles. The van der Waals surface area contributed by atoms with E-state index in [-0.39, 0.29) is 0 Å².